The topological polar surface area (TPSA) is 41.1 Å². The molecule has 2 atom stereocenters. The highest BCUT2D eigenvalue weighted by molar-refractivity contribution is 5.77. The molecule has 0 unspecified atom stereocenters. The van der Waals surface area contributed by atoms with E-state index in [1.807, 2.05) is 0 Å². The fraction of sp³-hybridized carbons (Fsp3) is 0.889. The summed E-state index contributed by atoms with van der Waals surface area (Å²) in [5.74, 6) is 0.993. The molecule has 1 aliphatic rings. The molecule has 1 aliphatic heterocycles. The lowest BCUT2D eigenvalue weighted by molar-refractivity contribution is 0.246. The lowest BCUT2D eigenvalue weighted by Crippen LogP contribution is -2.41. The summed E-state index contributed by atoms with van der Waals surface area (Å²) in [6.45, 7) is 8.53. The highest BCUT2D eigenvalue weighted by Crippen LogP contribution is 2.17. The van der Waals surface area contributed by atoms with Gasteiger partial charge in [0.1, 0.15) is 0 Å². The summed E-state index contributed by atoms with van der Waals surface area (Å²) in [5, 5.41) is 5.87. The maximum absolute atomic E-state index is 11.1. The second-order valence-electron chi connectivity index (χ2n) is 4.16. The Hall–Kier alpha value is -0.730. The number of rotatable bonds is 2. The van der Waals surface area contributed by atoms with Crippen molar-refractivity contribution in [3.05, 3.63) is 0 Å². The van der Waals surface area contributed by atoms with Crippen molar-refractivity contribution in [3.63, 3.8) is 0 Å². The Bertz CT molecular complexity index is 159. The van der Waals surface area contributed by atoms with Crippen molar-refractivity contribution < 1.29 is 4.79 Å². The Morgan fingerprint density at radius 3 is 1.58 bits per heavy atom. The third-order valence-corrected chi connectivity index (χ3v) is 2.42. The molecule has 0 aliphatic carbocycles. The van der Waals surface area contributed by atoms with Crippen LogP contribution >= 0.6 is 0 Å². The number of carbonyl (C=O) groups excluding carboxylic acids is 1. The van der Waals surface area contributed by atoms with Gasteiger partial charge in [-0.3, -0.25) is 0 Å². The summed E-state index contributed by atoms with van der Waals surface area (Å²) in [5.41, 5.74) is 0. The van der Waals surface area contributed by atoms with Gasteiger partial charge in [-0.1, -0.05) is 27.7 Å². The van der Waals surface area contributed by atoms with Gasteiger partial charge < -0.3 is 10.6 Å². The van der Waals surface area contributed by atoms with E-state index >= 15 is 0 Å². The number of carbonyl (C=O) groups is 1. The van der Waals surface area contributed by atoms with Gasteiger partial charge in [-0.15, -0.1) is 0 Å². The molecule has 0 aromatic rings. The first-order chi connectivity index (χ1) is 5.52. The fourth-order valence-corrected chi connectivity index (χ4v) is 1.69. The molecule has 70 valence electrons. The van der Waals surface area contributed by atoms with Crippen LogP contribution < -0.4 is 10.6 Å². The minimum Gasteiger partial charge on any atom is -0.333 e. The normalized spacial score (nSPS) is 29.3. The molecule has 0 bridgehead atoms. The average Bonchev–Trinajstić information content (AvgIpc) is 2.31. The van der Waals surface area contributed by atoms with Gasteiger partial charge in [0.15, 0.2) is 0 Å². The van der Waals surface area contributed by atoms with Gasteiger partial charge >= 0.3 is 6.03 Å². The number of urea groups is 1. The first-order valence-electron chi connectivity index (χ1n) is 4.59. The van der Waals surface area contributed by atoms with Gasteiger partial charge in [-0.25, -0.2) is 4.79 Å². The molecule has 2 amide bonds. The van der Waals surface area contributed by atoms with Crippen molar-refractivity contribution in [2.24, 2.45) is 11.8 Å². The van der Waals surface area contributed by atoms with Gasteiger partial charge in [-0.2, -0.15) is 0 Å². The Labute approximate surface area is 73.9 Å². The lowest BCUT2D eigenvalue weighted by Gasteiger charge is -2.24. The van der Waals surface area contributed by atoms with Crippen LogP contribution in [-0.4, -0.2) is 18.1 Å². The largest absolute Gasteiger partial charge is 0.333 e. The van der Waals surface area contributed by atoms with E-state index in [0.29, 0.717) is 11.8 Å². The predicted molar refractivity (Wildman–Crippen MR) is 48.9 cm³/mol. The molecule has 0 saturated carbocycles. The smallest absolute Gasteiger partial charge is 0.315 e. The first-order valence-corrected chi connectivity index (χ1v) is 4.59. The molecule has 0 aromatic carbocycles. The van der Waals surface area contributed by atoms with Gasteiger partial charge in [0.2, 0.25) is 0 Å². The standard InChI is InChI=1S/C9H18N2O/c1-5(2)7-8(6(3)4)11-9(12)10-7/h5-8H,1-4H3,(H2,10,11,12)/t7-,8-/m1/s1. The number of hydrogen-bond donors (Lipinski definition) is 2. The van der Waals surface area contributed by atoms with Crippen molar-refractivity contribution in [1.29, 1.82) is 0 Å². The molecule has 1 heterocycles. The summed E-state index contributed by atoms with van der Waals surface area (Å²) >= 11 is 0. The number of amides is 2. The van der Waals surface area contributed by atoms with Gasteiger partial charge in [-0.05, 0) is 11.8 Å². The SMILES string of the molecule is CC(C)[C@H]1NC(=O)N[C@@H]1C(C)C. The van der Waals surface area contributed by atoms with E-state index in [9.17, 15) is 4.79 Å². The zero-order chi connectivity index (χ0) is 9.30. The summed E-state index contributed by atoms with van der Waals surface area (Å²) in [4.78, 5) is 11.1. The average molecular weight is 170 g/mol. The maximum atomic E-state index is 11.1. The van der Waals surface area contributed by atoms with Gasteiger partial charge in [0.05, 0.1) is 12.1 Å². The molecular weight excluding hydrogens is 152 g/mol. The minimum atomic E-state index is -0.0209. The third-order valence-electron chi connectivity index (χ3n) is 2.42. The Balaban J connectivity index is 2.65. The van der Waals surface area contributed by atoms with Crippen LogP contribution in [0.4, 0.5) is 4.79 Å². The van der Waals surface area contributed by atoms with Crippen molar-refractivity contribution in [2.75, 3.05) is 0 Å². The van der Waals surface area contributed by atoms with Crippen molar-refractivity contribution in [3.8, 4) is 0 Å². The van der Waals surface area contributed by atoms with Gasteiger partial charge in [0.25, 0.3) is 0 Å². The molecule has 1 saturated heterocycles. The molecule has 0 spiro atoms. The van der Waals surface area contributed by atoms with E-state index in [0.717, 1.165) is 0 Å². The molecule has 2 N–H and O–H groups in total. The Morgan fingerprint density at radius 1 is 1.00 bits per heavy atom. The van der Waals surface area contributed by atoms with Crippen LogP contribution in [0.2, 0.25) is 0 Å². The second kappa shape index (κ2) is 3.33. The van der Waals surface area contributed by atoms with Crippen molar-refractivity contribution in [1.82, 2.24) is 10.6 Å². The van der Waals surface area contributed by atoms with Crippen molar-refractivity contribution >= 4 is 6.03 Å². The summed E-state index contributed by atoms with van der Waals surface area (Å²) in [6, 6.07) is 0.558. The fourth-order valence-electron chi connectivity index (χ4n) is 1.69. The summed E-state index contributed by atoms with van der Waals surface area (Å²) in [6.07, 6.45) is 0. The highest BCUT2D eigenvalue weighted by Gasteiger charge is 2.35. The summed E-state index contributed by atoms with van der Waals surface area (Å²) < 4.78 is 0. The maximum Gasteiger partial charge on any atom is 0.315 e. The van der Waals surface area contributed by atoms with E-state index in [2.05, 4.69) is 38.3 Å². The molecule has 0 radical (unpaired) electrons. The number of hydrogen-bond acceptors (Lipinski definition) is 1. The number of nitrogens with one attached hydrogen (secondary N) is 2. The van der Waals surface area contributed by atoms with Gasteiger partial charge in [0, 0.05) is 0 Å². The van der Waals surface area contributed by atoms with Crippen LogP contribution in [0.25, 0.3) is 0 Å². The minimum absolute atomic E-state index is 0.0209. The van der Waals surface area contributed by atoms with Crippen LogP contribution in [-0.2, 0) is 0 Å². The van der Waals surface area contributed by atoms with Crippen LogP contribution in [0.3, 0.4) is 0 Å². The molecule has 1 fully saturated rings. The van der Waals surface area contributed by atoms with Crippen LogP contribution in [0.1, 0.15) is 27.7 Å². The van der Waals surface area contributed by atoms with E-state index in [1.54, 1.807) is 0 Å². The van der Waals surface area contributed by atoms with Crippen LogP contribution in [0.15, 0.2) is 0 Å². The van der Waals surface area contributed by atoms with E-state index in [4.69, 9.17) is 0 Å². The third kappa shape index (κ3) is 1.71. The molecule has 3 nitrogen and oxygen atoms in total. The zero-order valence-electron chi connectivity index (χ0n) is 8.22. The van der Waals surface area contributed by atoms with Crippen LogP contribution in [0.5, 0.6) is 0 Å². The molecule has 12 heavy (non-hydrogen) atoms. The quantitative estimate of drug-likeness (QED) is 0.645. The van der Waals surface area contributed by atoms with E-state index in [-0.39, 0.29) is 18.1 Å². The zero-order valence-corrected chi connectivity index (χ0v) is 8.22. The Kier molecular flexibility index (Phi) is 2.60. The van der Waals surface area contributed by atoms with Crippen molar-refractivity contribution in [2.45, 2.75) is 39.8 Å². The van der Waals surface area contributed by atoms with E-state index < -0.39 is 0 Å². The summed E-state index contributed by atoms with van der Waals surface area (Å²) in [7, 11) is 0. The highest BCUT2D eigenvalue weighted by atomic mass is 16.2. The Morgan fingerprint density at radius 2 is 1.33 bits per heavy atom. The molecule has 0 aromatic heterocycles. The van der Waals surface area contributed by atoms with Crippen LogP contribution in [0, 0.1) is 11.8 Å². The molecular formula is C9H18N2O. The van der Waals surface area contributed by atoms with E-state index in [1.165, 1.54) is 0 Å². The predicted octanol–water partition coefficient (Wildman–Crippen LogP) is 1.35. The first kappa shape index (κ1) is 9.36. The second-order valence-corrected chi connectivity index (χ2v) is 4.16. The lowest BCUT2D eigenvalue weighted by atomic mass is 9.90. The molecule has 1 rings (SSSR count). The monoisotopic (exact) mass is 170 g/mol. The molecule has 3 heteroatoms.